The number of hydrogen-bond donors (Lipinski definition) is 1. The zero-order valence-electron chi connectivity index (χ0n) is 9.87. The molecule has 18 heavy (non-hydrogen) atoms. The summed E-state index contributed by atoms with van der Waals surface area (Å²) in [4.78, 5) is 21.8. The largest absolute Gasteiger partial charge is 0.477 e. The maximum atomic E-state index is 10.7. The Bertz CT molecular complexity index is 513. The van der Waals surface area contributed by atoms with Crippen LogP contribution in [-0.4, -0.2) is 36.0 Å². The predicted octanol–water partition coefficient (Wildman–Crippen LogP) is 1.59. The van der Waals surface area contributed by atoms with Crippen molar-refractivity contribution in [2.24, 2.45) is 0 Å². The van der Waals surface area contributed by atoms with E-state index in [0.717, 1.165) is 28.8 Å². The first-order valence-corrected chi connectivity index (χ1v) is 6.30. The van der Waals surface area contributed by atoms with Crippen LogP contribution in [0.3, 0.4) is 0 Å². The van der Waals surface area contributed by atoms with Gasteiger partial charge in [0.1, 0.15) is 4.88 Å². The lowest BCUT2D eigenvalue weighted by Gasteiger charge is -1.83. The van der Waals surface area contributed by atoms with E-state index in [9.17, 15) is 9.59 Å². The maximum absolute atomic E-state index is 10.7. The van der Waals surface area contributed by atoms with Crippen molar-refractivity contribution in [3.8, 4) is 0 Å². The molecular formula is C9H10N4O3S2. The lowest BCUT2D eigenvalue weighted by atomic mass is 10.3. The molecule has 0 saturated carbocycles. The summed E-state index contributed by atoms with van der Waals surface area (Å²) in [6.07, 6.45) is 0. The molecule has 2 aromatic rings. The second-order valence-corrected chi connectivity index (χ2v) is 4.74. The molecule has 0 fully saturated rings. The predicted molar refractivity (Wildman–Crippen MR) is 66.3 cm³/mol. The first-order chi connectivity index (χ1) is 8.43. The van der Waals surface area contributed by atoms with Gasteiger partial charge in [-0.05, 0) is 36.9 Å². The molecule has 0 amide bonds. The summed E-state index contributed by atoms with van der Waals surface area (Å²) < 4.78 is 7.07. The molecule has 2 rings (SSSR count). The highest BCUT2D eigenvalue weighted by molar-refractivity contribution is 7.08. The first kappa shape index (κ1) is 14.3. The number of carboxylic acids is 1. The molecule has 0 aliphatic rings. The number of Topliss-reactive ketones (excluding diaryl/α,β-unsaturated/α-hetero) is 1. The van der Waals surface area contributed by atoms with Crippen molar-refractivity contribution < 1.29 is 14.7 Å². The second-order valence-electron chi connectivity index (χ2n) is 3.24. The van der Waals surface area contributed by atoms with Crippen molar-refractivity contribution in [3.05, 3.63) is 21.1 Å². The summed E-state index contributed by atoms with van der Waals surface area (Å²) >= 11 is 2.04. The number of ketones is 1. The van der Waals surface area contributed by atoms with Crippen LogP contribution in [0.25, 0.3) is 0 Å². The molecule has 0 aromatic carbocycles. The summed E-state index contributed by atoms with van der Waals surface area (Å²) in [6, 6.07) is 0. The van der Waals surface area contributed by atoms with Gasteiger partial charge in [-0.3, -0.25) is 4.79 Å². The van der Waals surface area contributed by atoms with Crippen LogP contribution in [0.4, 0.5) is 0 Å². The second kappa shape index (κ2) is 6.26. The van der Waals surface area contributed by atoms with Gasteiger partial charge >= 0.3 is 5.97 Å². The van der Waals surface area contributed by atoms with E-state index in [4.69, 9.17) is 5.11 Å². The topological polar surface area (TPSA) is 106 Å². The van der Waals surface area contributed by atoms with Crippen LogP contribution in [0.2, 0.25) is 0 Å². The fraction of sp³-hybridized carbons (Fsp3) is 0.333. The number of aromatic carboxylic acids is 1. The highest BCUT2D eigenvalue weighted by atomic mass is 32.1. The van der Waals surface area contributed by atoms with Crippen LogP contribution < -0.4 is 0 Å². The van der Waals surface area contributed by atoms with E-state index in [0.29, 0.717) is 10.6 Å². The van der Waals surface area contributed by atoms with Gasteiger partial charge in [-0.15, -0.1) is 10.2 Å². The summed E-state index contributed by atoms with van der Waals surface area (Å²) in [6.45, 7) is 4.91. The van der Waals surface area contributed by atoms with Gasteiger partial charge in [0.25, 0.3) is 0 Å². The maximum Gasteiger partial charge on any atom is 0.349 e. The molecule has 0 bridgehead atoms. The zero-order valence-corrected chi connectivity index (χ0v) is 11.5. The molecule has 1 N–H and O–H groups in total. The molecule has 0 unspecified atom stereocenters. The molecule has 2 heterocycles. The molecule has 0 aliphatic carbocycles. The quantitative estimate of drug-likeness (QED) is 0.835. The zero-order chi connectivity index (χ0) is 13.7. The molecule has 0 radical (unpaired) electrons. The van der Waals surface area contributed by atoms with E-state index < -0.39 is 5.97 Å². The number of rotatable bonds is 2. The van der Waals surface area contributed by atoms with Crippen molar-refractivity contribution in [3.63, 3.8) is 0 Å². The average Bonchev–Trinajstić information content (AvgIpc) is 2.87. The van der Waals surface area contributed by atoms with E-state index >= 15 is 0 Å². The molecule has 9 heteroatoms. The smallest absolute Gasteiger partial charge is 0.349 e. The fourth-order valence-electron chi connectivity index (χ4n) is 0.981. The van der Waals surface area contributed by atoms with Crippen LogP contribution in [0.1, 0.15) is 37.7 Å². The van der Waals surface area contributed by atoms with Crippen LogP contribution in [0.15, 0.2) is 0 Å². The number of carbonyl (C=O) groups is 2. The van der Waals surface area contributed by atoms with Crippen LogP contribution in [-0.2, 0) is 0 Å². The Hall–Kier alpha value is -1.74. The van der Waals surface area contributed by atoms with E-state index in [-0.39, 0.29) is 10.7 Å². The SMILES string of the molecule is CC(=O)c1snnc1C.Cc1nnsc1C(=O)O. The van der Waals surface area contributed by atoms with Gasteiger partial charge < -0.3 is 5.11 Å². The lowest BCUT2D eigenvalue weighted by molar-refractivity contribution is 0.0701. The Morgan fingerprint density at radius 2 is 1.44 bits per heavy atom. The summed E-state index contributed by atoms with van der Waals surface area (Å²) in [5, 5.41) is 15.6. The van der Waals surface area contributed by atoms with Gasteiger partial charge in [0.15, 0.2) is 10.7 Å². The Morgan fingerprint density at radius 1 is 1.00 bits per heavy atom. The minimum Gasteiger partial charge on any atom is -0.477 e. The van der Waals surface area contributed by atoms with Crippen molar-refractivity contribution in [1.29, 1.82) is 0 Å². The highest BCUT2D eigenvalue weighted by Crippen LogP contribution is 2.08. The van der Waals surface area contributed by atoms with Gasteiger partial charge in [0, 0.05) is 6.92 Å². The van der Waals surface area contributed by atoms with Crippen LogP contribution >= 0.6 is 23.1 Å². The van der Waals surface area contributed by atoms with Crippen LogP contribution in [0.5, 0.6) is 0 Å². The molecule has 0 aliphatic heterocycles. The Morgan fingerprint density at radius 3 is 1.61 bits per heavy atom. The normalized spacial score (nSPS) is 9.50. The number of aryl methyl sites for hydroxylation is 2. The summed E-state index contributed by atoms with van der Waals surface area (Å²) in [7, 11) is 0. The number of aromatic nitrogens is 4. The minimum atomic E-state index is -0.956. The summed E-state index contributed by atoms with van der Waals surface area (Å²) in [5.41, 5.74) is 1.21. The van der Waals surface area contributed by atoms with Gasteiger partial charge in [0.2, 0.25) is 0 Å². The molecule has 2 aromatic heterocycles. The fourth-order valence-corrected chi connectivity index (χ4v) is 2.02. The van der Waals surface area contributed by atoms with Gasteiger partial charge in [-0.1, -0.05) is 8.98 Å². The summed E-state index contributed by atoms with van der Waals surface area (Å²) in [5.74, 6) is -0.912. The molecule has 0 saturated heterocycles. The van der Waals surface area contributed by atoms with Crippen molar-refractivity contribution in [1.82, 2.24) is 19.2 Å². The van der Waals surface area contributed by atoms with Gasteiger partial charge in [-0.2, -0.15) is 0 Å². The Kier molecular flexibility index (Phi) is 4.98. The van der Waals surface area contributed by atoms with Gasteiger partial charge in [-0.25, -0.2) is 4.79 Å². The van der Waals surface area contributed by atoms with Crippen molar-refractivity contribution in [2.75, 3.05) is 0 Å². The van der Waals surface area contributed by atoms with E-state index in [1.807, 2.05) is 0 Å². The van der Waals surface area contributed by atoms with Crippen molar-refractivity contribution >= 4 is 34.8 Å². The van der Waals surface area contributed by atoms with E-state index in [1.165, 1.54) is 6.92 Å². The third-order valence-corrected chi connectivity index (χ3v) is 3.56. The van der Waals surface area contributed by atoms with E-state index in [1.54, 1.807) is 13.8 Å². The average molecular weight is 286 g/mol. The molecule has 7 nitrogen and oxygen atoms in total. The molecular weight excluding hydrogens is 276 g/mol. The Labute approximate surface area is 111 Å². The highest BCUT2D eigenvalue weighted by Gasteiger charge is 2.09. The number of carboxylic acid groups (broad SMARTS) is 1. The van der Waals surface area contributed by atoms with Gasteiger partial charge in [0.05, 0.1) is 11.4 Å². The van der Waals surface area contributed by atoms with Crippen LogP contribution in [0, 0.1) is 13.8 Å². The van der Waals surface area contributed by atoms with Crippen molar-refractivity contribution in [2.45, 2.75) is 20.8 Å². The van der Waals surface area contributed by atoms with E-state index in [2.05, 4.69) is 19.2 Å². The molecule has 0 spiro atoms. The number of nitrogens with zero attached hydrogens (tertiary/aromatic N) is 4. The standard InChI is InChI=1S/C5H6N2OS.C4H4N2O2S/c1-3-5(4(2)8)9-7-6-3;1-2-3(4(7)8)9-6-5-2/h1-2H3;1H3,(H,7,8). The third kappa shape index (κ3) is 3.64. The molecule has 96 valence electrons. The minimum absolute atomic E-state index is 0.0440. The number of hydrogen-bond acceptors (Lipinski definition) is 8. The Balaban J connectivity index is 0.000000180. The first-order valence-electron chi connectivity index (χ1n) is 4.75. The lowest BCUT2D eigenvalue weighted by Crippen LogP contribution is -1.94. The molecule has 0 atom stereocenters. The third-order valence-electron chi connectivity index (χ3n) is 1.82. The monoisotopic (exact) mass is 286 g/mol. The number of carbonyl (C=O) groups excluding carboxylic acids is 1.